The first-order valence-corrected chi connectivity index (χ1v) is 6.70. The van der Waals surface area contributed by atoms with Crippen LogP contribution in [0.5, 0.6) is 0 Å². The number of anilines is 1. The molecular formula is C14H16N4O3. The van der Waals surface area contributed by atoms with Gasteiger partial charge in [0.25, 0.3) is 11.8 Å². The van der Waals surface area contributed by atoms with Gasteiger partial charge in [0.15, 0.2) is 0 Å². The Bertz CT molecular complexity index is 658. The first-order chi connectivity index (χ1) is 9.91. The largest absolute Gasteiger partial charge is 0.398 e. The highest BCUT2D eigenvalue weighted by molar-refractivity contribution is 6.08. The molecule has 110 valence electrons. The van der Waals surface area contributed by atoms with Gasteiger partial charge in [0.2, 0.25) is 0 Å². The van der Waals surface area contributed by atoms with Crippen molar-refractivity contribution in [2.45, 2.75) is 18.9 Å². The molecule has 0 saturated carbocycles. The minimum Gasteiger partial charge on any atom is -0.398 e. The topological polar surface area (TPSA) is 105 Å². The van der Waals surface area contributed by atoms with E-state index in [4.69, 9.17) is 5.73 Å². The van der Waals surface area contributed by atoms with Gasteiger partial charge in [0.1, 0.15) is 5.54 Å². The Morgan fingerprint density at radius 1 is 1.38 bits per heavy atom. The zero-order valence-corrected chi connectivity index (χ0v) is 11.6. The van der Waals surface area contributed by atoms with Gasteiger partial charge in [-0.25, -0.2) is 4.79 Å². The molecule has 0 radical (unpaired) electrons. The Labute approximate surface area is 121 Å². The Balaban J connectivity index is 1.83. The van der Waals surface area contributed by atoms with E-state index < -0.39 is 11.6 Å². The third kappa shape index (κ3) is 2.10. The van der Waals surface area contributed by atoms with E-state index in [2.05, 4.69) is 10.6 Å². The monoisotopic (exact) mass is 288 g/mol. The van der Waals surface area contributed by atoms with Crippen molar-refractivity contribution in [3.8, 4) is 0 Å². The normalized spacial score (nSPS) is 24.3. The predicted molar refractivity (Wildman–Crippen MR) is 75.5 cm³/mol. The number of nitrogens with one attached hydrogen (secondary N) is 2. The average Bonchev–Trinajstić information content (AvgIpc) is 2.97. The SMILES string of the molecule is Cc1ccc(N)c(C(=O)N2CCC3(C2)NC(=O)NC3=O)c1. The van der Waals surface area contributed by atoms with Crippen LogP contribution in [-0.2, 0) is 4.79 Å². The predicted octanol–water partition coefficient (Wildman–Crippen LogP) is 0.00132. The molecule has 21 heavy (non-hydrogen) atoms. The van der Waals surface area contributed by atoms with E-state index in [-0.39, 0.29) is 18.4 Å². The lowest BCUT2D eigenvalue weighted by atomic mass is 9.99. The second-order valence-electron chi connectivity index (χ2n) is 5.56. The summed E-state index contributed by atoms with van der Waals surface area (Å²) in [5, 5.41) is 4.83. The van der Waals surface area contributed by atoms with Crippen molar-refractivity contribution in [3.63, 3.8) is 0 Å². The fourth-order valence-electron chi connectivity index (χ4n) is 2.82. The number of nitrogens with zero attached hydrogens (tertiary/aromatic N) is 1. The molecular weight excluding hydrogens is 272 g/mol. The van der Waals surface area contributed by atoms with Gasteiger partial charge in [-0.2, -0.15) is 0 Å². The van der Waals surface area contributed by atoms with Gasteiger partial charge >= 0.3 is 6.03 Å². The molecule has 3 rings (SSSR count). The van der Waals surface area contributed by atoms with Crippen LogP contribution in [0, 0.1) is 6.92 Å². The molecule has 4 N–H and O–H groups in total. The maximum absolute atomic E-state index is 12.5. The van der Waals surface area contributed by atoms with Crippen molar-refractivity contribution in [2.75, 3.05) is 18.8 Å². The highest BCUT2D eigenvalue weighted by Crippen LogP contribution is 2.27. The van der Waals surface area contributed by atoms with Crippen LogP contribution in [0.1, 0.15) is 22.3 Å². The van der Waals surface area contributed by atoms with E-state index in [1.165, 1.54) is 0 Å². The Kier molecular flexibility index (Phi) is 2.86. The number of hydrogen-bond donors (Lipinski definition) is 3. The van der Waals surface area contributed by atoms with Gasteiger partial charge in [-0.05, 0) is 25.5 Å². The molecule has 2 saturated heterocycles. The number of carbonyl (C=O) groups excluding carboxylic acids is 3. The molecule has 1 atom stereocenters. The maximum Gasteiger partial charge on any atom is 0.322 e. The van der Waals surface area contributed by atoms with Gasteiger partial charge in [-0.1, -0.05) is 11.6 Å². The number of hydrogen-bond acceptors (Lipinski definition) is 4. The summed E-state index contributed by atoms with van der Waals surface area (Å²) in [6.07, 6.45) is 0.405. The van der Waals surface area contributed by atoms with Gasteiger partial charge in [-0.15, -0.1) is 0 Å². The number of likely N-dealkylation sites (tertiary alicyclic amines) is 1. The van der Waals surface area contributed by atoms with Crippen LogP contribution in [-0.4, -0.2) is 41.4 Å². The highest BCUT2D eigenvalue weighted by atomic mass is 16.2. The van der Waals surface area contributed by atoms with Gasteiger partial charge in [0, 0.05) is 12.2 Å². The molecule has 2 aliphatic heterocycles. The number of carbonyl (C=O) groups is 3. The second kappa shape index (κ2) is 4.47. The fourth-order valence-corrected chi connectivity index (χ4v) is 2.82. The lowest BCUT2D eigenvalue weighted by Crippen LogP contribution is -2.49. The molecule has 2 aliphatic rings. The minimum absolute atomic E-state index is 0.163. The summed E-state index contributed by atoms with van der Waals surface area (Å²) in [6.45, 7) is 2.45. The first kappa shape index (κ1) is 13.4. The fraction of sp³-hybridized carbons (Fsp3) is 0.357. The molecule has 0 bridgehead atoms. The molecule has 4 amide bonds. The Morgan fingerprint density at radius 2 is 2.14 bits per heavy atom. The quantitative estimate of drug-likeness (QED) is 0.500. The maximum atomic E-state index is 12.5. The van der Waals surface area contributed by atoms with Crippen molar-refractivity contribution in [2.24, 2.45) is 0 Å². The molecule has 2 heterocycles. The van der Waals surface area contributed by atoms with Crippen LogP contribution in [0.2, 0.25) is 0 Å². The zero-order chi connectivity index (χ0) is 15.2. The minimum atomic E-state index is -0.995. The number of imide groups is 1. The Morgan fingerprint density at radius 3 is 2.81 bits per heavy atom. The highest BCUT2D eigenvalue weighted by Gasteiger charge is 2.51. The van der Waals surface area contributed by atoms with Crippen LogP contribution in [0.4, 0.5) is 10.5 Å². The third-order valence-corrected chi connectivity index (χ3v) is 4.01. The van der Waals surface area contributed by atoms with Crippen LogP contribution in [0.3, 0.4) is 0 Å². The number of aryl methyl sites for hydroxylation is 1. The van der Waals surface area contributed by atoms with Crippen molar-refractivity contribution in [3.05, 3.63) is 29.3 Å². The lowest BCUT2D eigenvalue weighted by Gasteiger charge is -2.21. The summed E-state index contributed by atoms with van der Waals surface area (Å²) in [7, 11) is 0. The molecule has 0 aromatic heterocycles. The van der Waals surface area contributed by atoms with Crippen molar-refractivity contribution in [1.29, 1.82) is 0 Å². The Hall–Kier alpha value is -2.57. The molecule has 1 aromatic rings. The number of urea groups is 1. The first-order valence-electron chi connectivity index (χ1n) is 6.70. The summed E-state index contributed by atoms with van der Waals surface area (Å²) in [4.78, 5) is 37.3. The summed E-state index contributed by atoms with van der Waals surface area (Å²) >= 11 is 0. The summed E-state index contributed by atoms with van der Waals surface area (Å²) in [5.41, 5.74) is 6.64. The number of nitrogens with two attached hydrogens (primary N) is 1. The number of rotatable bonds is 1. The summed E-state index contributed by atoms with van der Waals surface area (Å²) in [5.74, 6) is -0.595. The molecule has 1 unspecified atom stereocenters. The van der Waals surface area contributed by atoms with Crippen LogP contribution in [0.15, 0.2) is 18.2 Å². The van der Waals surface area contributed by atoms with Crippen molar-refractivity contribution >= 4 is 23.5 Å². The standard InChI is InChI=1S/C14H16N4O3/c1-8-2-3-10(15)9(6-8)11(19)18-5-4-14(7-18)12(20)16-13(21)17-14/h2-3,6H,4-5,7,15H2,1H3,(H2,16,17,20,21). The van der Waals surface area contributed by atoms with Crippen LogP contribution < -0.4 is 16.4 Å². The summed E-state index contributed by atoms with van der Waals surface area (Å²) < 4.78 is 0. The van der Waals surface area contributed by atoms with E-state index in [9.17, 15) is 14.4 Å². The van der Waals surface area contributed by atoms with Gasteiger partial charge < -0.3 is 16.0 Å². The van der Waals surface area contributed by atoms with E-state index in [0.29, 0.717) is 24.2 Å². The molecule has 7 heteroatoms. The van der Waals surface area contributed by atoms with E-state index >= 15 is 0 Å². The van der Waals surface area contributed by atoms with Crippen LogP contribution >= 0.6 is 0 Å². The molecule has 0 aliphatic carbocycles. The zero-order valence-electron chi connectivity index (χ0n) is 11.6. The molecule has 1 spiro atoms. The lowest BCUT2D eigenvalue weighted by molar-refractivity contribution is -0.123. The molecule has 2 fully saturated rings. The molecule has 7 nitrogen and oxygen atoms in total. The average molecular weight is 288 g/mol. The van der Waals surface area contributed by atoms with E-state index in [0.717, 1.165) is 5.56 Å². The van der Waals surface area contributed by atoms with E-state index in [1.807, 2.05) is 13.0 Å². The number of nitrogen functional groups attached to an aromatic ring is 1. The second-order valence-corrected chi connectivity index (χ2v) is 5.56. The molecule has 1 aromatic carbocycles. The van der Waals surface area contributed by atoms with Gasteiger partial charge in [-0.3, -0.25) is 14.9 Å². The van der Waals surface area contributed by atoms with Crippen molar-refractivity contribution < 1.29 is 14.4 Å². The van der Waals surface area contributed by atoms with Gasteiger partial charge in [0.05, 0.1) is 12.1 Å². The number of amides is 4. The third-order valence-electron chi connectivity index (χ3n) is 4.01. The van der Waals surface area contributed by atoms with Crippen molar-refractivity contribution in [1.82, 2.24) is 15.5 Å². The van der Waals surface area contributed by atoms with E-state index in [1.54, 1.807) is 17.0 Å². The van der Waals surface area contributed by atoms with Crippen LogP contribution in [0.25, 0.3) is 0 Å². The smallest absolute Gasteiger partial charge is 0.322 e. The summed E-state index contributed by atoms with van der Waals surface area (Å²) in [6, 6.07) is 4.75. The number of benzene rings is 1.